The van der Waals surface area contributed by atoms with Gasteiger partial charge >= 0.3 is 0 Å². The van der Waals surface area contributed by atoms with Gasteiger partial charge in [-0.25, -0.2) is 4.85 Å². The van der Waals surface area contributed by atoms with Crippen LogP contribution in [0.25, 0.3) is 27.0 Å². The Morgan fingerprint density at radius 1 is 1.00 bits per heavy atom. The number of aryl methyl sites for hydroxylation is 3. The number of fused-ring (bicyclic) bond motifs is 1. The van der Waals surface area contributed by atoms with Gasteiger partial charge in [-0.1, -0.05) is 29.8 Å². The molecule has 3 rings (SSSR count). The first kappa shape index (κ1) is 14.3. The van der Waals surface area contributed by atoms with E-state index in [1.165, 1.54) is 27.9 Å². The molecule has 0 saturated heterocycles. The van der Waals surface area contributed by atoms with E-state index < -0.39 is 0 Å². The van der Waals surface area contributed by atoms with E-state index in [4.69, 9.17) is 6.57 Å². The van der Waals surface area contributed by atoms with Crippen molar-refractivity contribution in [1.82, 2.24) is 0 Å². The first-order chi connectivity index (χ1) is 10.5. The number of pyridine rings is 1. The Labute approximate surface area is 131 Å². The van der Waals surface area contributed by atoms with Gasteiger partial charge in [0, 0.05) is 17.7 Å². The second-order valence-electron chi connectivity index (χ2n) is 5.85. The smallest absolute Gasteiger partial charge is 0.212 e. The fraction of sp³-hybridized carbons (Fsp3) is 0.200. The summed E-state index contributed by atoms with van der Waals surface area (Å²) in [7, 11) is 2.07. The van der Waals surface area contributed by atoms with Crippen LogP contribution in [0.15, 0.2) is 42.5 Å². The second-order valence-corrected chi connectivity index (χ2v) is 5.85. The van der Waals surface area contributed by atoms with Crippen LogP contribution >= 0.6 is 0 Å². The molecule has 1 aromatic heterocycles. The maximum Gasteiger partial charge on any atom is 0.212 e. The first-order valence-corrected chi connectivity index (χ1v) is 7.40. The molecule has 0 aliphatic rings. The summed E-state index contributed by atoms with van der Waals surface area (Å²) < 4.78 is 2.19. The molecule has 0 amide bonds. The van der Waals surface area contributed by atoms with Crippen molar-refractivity contribution in [3.63, 3.8) is 0 Å². The molecule has 0 bridgehead atoms. The molecule has 0 unspecified atom stereocenters. The molecule has 3 aromatic rings. The minimum Gasteiger partial charge on any atom is -0.237 e. The molecule has 0 aliphatic carbocycles. The van der Waals surface area contributed by atoms with Gasteiger partial charge in [0.1, 0.15) is 7.05 Å². The largest absolute Gasteiger partial charge is 0.237 e. The van der Waals surface area contributed by atoms with Crippen LogP contribution in [0.3, 0.4) is 0 Å². The standard InChI is InChI=1S/C20H19N2/c1-13-11-14(2)15(3)17(12-13)20-10-9-16-18(21-4)7-6-8-19(16)22(20)5/h6-12H,1-3,5H3/q+1. The van der Waals surface area contributed by atoms with Crippen molar-refractivity contribution in [2.45, 2.75) is 20.8 Å². The molecule has 2 aromatic carbocycles. The molecule has 1 heterocycles. The zero-order chi connectivity index (χ0) is 15.9. The van der Waals surface area contributed by atoms with Crippen LogP contribution in [-0.2, 0) is 7.05 Å². The molecule has 0 atom stereocenters. The summed E-state index contributed by atoms with van der Waals surface area (Å²) in [6.07, 6.45) is 0. The molecule has 22 heavy (non-hydrogen) atoms. The zero-order valence-electron chi connectivity index (χ0n) is 13.4. The summed E-state index contributed by atoms with van der Waals surface area (Å²) in [5.74, 6) is 0. The molecule has 0 saturated carbocycles. The lowest BCUT2D eigenvalue weighted by atomic mass is 9.97. The van der Waals surface area contributed by atoms with E-state index in [2.05, 4.69) is 67.6 Å². The molecule has 0 N–H and O–H groups in total. The van der Waals surface area contributed by atoms with E-state index >= 15 is 0 Å². The molecule has 2 nitrogen and oxygen atoms in total. The third-order valence-electron chi connectivity index (χ3n) is 4.40. The fourth-order valence-electron chi connectivity index (χ4n) is 3.08. The molecular weight excluding hydrogens is 268 g/mol. The Balaban J connectivity index is 2.35. The fourth-order valence-corrected chi connectivity index (χ4v) is 3.08. The SMILES string of the molecule is [C-]#[N+]c1cccc2c1ccc(-c1cc(C)cc(C)c1C)[n+]2C. The zero-order valence-corrected chi connectivity index (χ0v) is 13.4. The van der Waals surface area contributed by atoms with Gasteiger partial charge in [-0.15, -0.1) is 0 Å². The predicted molar refractivity (Wildman–Crippen MR) is 91.0 cm³/mol. The Kier molecular flexibility index (Phi) is 3.42. The Hall–Kier alpha value is -2.66. The van der Waals surface area contributed by atoms with E-state index in [1.807, 2.05) is 12.1 Å². The van der Waals surface area contributed by atoms with E-state index in [1.54, 1.807) is 0 Å². The quantitative estimate of drug-likeness (QED) is 0.448. The molecule has 0 fully saturated rings. The van der Waals surface area contributed by atoms with Gasteiger partial charge in [-0.3, -0.25) is 0 Å². The second kappa shape index (κ2) is 5.27. The van der Waals surface area contributed by atoms with Gasteiger partial charge in [0.15, 0.2) is 0 Å². The van der Waals surface area contributed by atoms with Crippen LogP contribution in [0, 0.1) is 27.3 Å². The summed E-state index contributed by atoms with van der Waals surface area (Å²) in [5, 5.41) is 1.01. The molecule has 108 valence electrons. The lowest BCUT2D eigenvalue weighted by molar-refractivity contribution is -0.633. The third kappa shape index (κ3) is 2.16. The summed E-state index contributed by atoms with van der Waals surface area (Å²) in [5.41, 5.74) is 8.12. The van der Waals surface area contributed by atoms with E-state index in [0.29, 0.717) is 5.69 Å². The normalized spacial score (nSPS) is 10.7. The van der Waals surface area contributed by atoms with Gasteiger partial charge in [-0.2, -0.15) is 4.57 Å². The molecule has 0 spiro atoms. The first-order valence-electron chi connectivity index (χ1n) is 7.40. The van der Waals surface area contributed by atoms with E-state index in [-0.39, 0.29) is 0 Å². The van der Waals surface area contributed by atoms with Crippen LogP contribution in [-0.4, -0.2) is 0 Å². The third-order valence-corrected chi connectivity index (χ3v) is 4.40. The van der Waals surface area contributed by atoms with Crippen molar-refractivity contribution >= 4 is 16.6 Å². The predicted octanol–water partition coefficient (Wildman–Crippen LogP) is 4.81. The highest BCUT2D eigenvalue weighted by Gasteiger charge is 2.18. The Bertz CT molecular complexity index is 931. The lowest BCUT2D eigenvalue weighted by Gasteiger charge is -2.10. The van der Waals surface area contributed by atoms with E-state index in [0.717, 1.165) is 10.9 Å². The van der Waals surface area contributed by atoms with Crippen molar-refractivity contribution in [1.29, 1.82) is 0 Å². The Morgan fingerprint density at radius 2 is 1.77 bits per heavy atom. The van der Waals surface area contributed by atoms with Crippen molar-refractivity contribution in [3.05, 3.63) is 70.6 Å². The Morgan fingerprint density at radius 3 is 2.50 bits per heavy atom. The summed E-state index contributed by atoms with van der Waals surface area (Å²) in [4.78, 5) is 3.62. The summed E-state index contributed by atoms with van der Waals surface area (Å²) in [6, 6.07) is 14.5. The van der Waals surface area contributed by atoms with Crippen molar-refractivity contribution in [2.24, 2.45) is 7.05 Å². The number of hydrogen-bond acceptors (Lipinski definition) is 0. The number of benzene rings is 2. The van der Waals surface area contributed by atoms with Crippen molar-refractivity contribution in [2.75, 3.05) is 0 Å². The highest BCUT2D eigenvalue weighted by atomic mass is 14.9. The average molecular weight is 287 g/mol. The highest BCUT2D eigenvalue weighted by molar-refractivity contribution is 5.90. The van der Waals surface area contributed by atoms with Gasteiger partial charge in [-0.05, 0) is 38.0 Å². The molecular formula is C20H19N2+. The van der Waals surface area contributed by atoms with Crippen LogP contribution in [0.1, 0.15) is 16.7 Å². The van der Waals surface area contributed by atoms with Crippen molar-refractivity contribution in [3.8, 4) is 11.3 Å². The molecule has 0 radical (unpaired) electrons. The molecule has 0 aliphatic heterocycles. The maximum atomic E-state index is 7.32. The van der Waals surface area contributed by atoms with Crippen LogP contribution < -0.4 is 4.57 Å². The summed E-state index contributed by atoms with van der Waals surface area (Å²) >= 11 is 0. The van der Waals surface area contributed by atoms with Gasteiger partial charge in [0.25, 0.3) is 0 Å². The minimum atomic E-state index is 0.705. The summed E-state index contributed by atoms with van der Waals surface area (Å²) in [6.45, 7) is 13.8. The molecule has 2 heteroatoms. The number of rotatable bonds is 1. The van der Waals surface area contributed by atoms with Crippen LogP contribution in [0.5, 0.6) is 0 Å². The highest BCUT2D eigenvalue weighted by Crippen LogP contribution is 2.29. The van der Waals surface area contributed by atoms with Gasteiger partial charge in [0.05, 0.1) is 12.0 Å². The maximum absolute atomic E-state index is 7.32. The number of hydrogen-bond donors (Lipinski definition) is 0. The average Bonchev–Trinajstić information content (AvgIpc) is 2.51. The van der Waals surface area contributed by atoms with Crippen molar-refractivity contribution < 1.29 is 4.57 Å². The lowest BCUT2D eigenvalue weighted by Crippen LogP contribution is -2.32. The van der Waals surface area contributed by atoms with Crippen LogP contribution in [0.4, 0.5) is 5.69 Å². The number of nitrogens with zero attached hydrogens (tertiary/aromatic N) is 2. The number of aromatic nitrogens is 1. The van der Waals surface area contributed by atoms with Gasteiger partial charge < -0.3 is 0 Å². The van der Waals surface area contributed by atoms with E-state index in [9.17, 15) is 0 Å². The van der Waals surface area contributed by atoms with Crippen LogP contribution in [0.2, 0.25) is 0 Å². The minimum absolute atomic E-state index is 0.705. The van der Waals surface area contributed by atoms with Gasteiger partial charge in [0.2, 0.25) is 16.9 Å². The monoisotopic (exact) mass is 287 g/mol. The topological polar surface area (TPSA) is 8.24 Å².